The normalized spacial score (nSPS) is 30.6. The van der Waals surface area contributed by atoms with E-state index in [0.717, 1.165) is 35.5 Å². The number of hydrogen-bond acceptors (Lipinski definition) is 7. The number of allylic oxidation sites excluding steroid dienone is 1. The monoisotopic (exact) mass is 491 g/mol. The maximum absolute atomic E-state index is 13.2. The fourth-order valence-electron chi connectivity index (χ4n) is 4.40. The molecule has 7 heteroatoms. The third kappa shape index (κ3) is 7.59. The summed E-state index contributed by atoms with van der Waals surface area (Å²) in [6.07, 6.45) is 4.33. The number of aryl methyl sites for hydroxylation is 1. The van der Waals surface area contributed by atoms with Crippen LogP contribution in [0.4, 0.5) is 0 Å². The maximum Gasteiger partial charge on any atom is 0.309 e. The van der Waals surface area contributed by atoms with Crippen molar-refractivity contribution >= 4 is 29.2 Å². The third-order valence-electron chi connectivity index (χ3n) is 7.04. The molecule has 0 bridgehead atoms. The molecule has 1 aliphatic rings. The number of Topliss-reactive ketones (excluding diaryl/α,β-unsaturated/α-hetero) is 1. The highest BCUT2D eigenvalue weighted by molar-refractivity contribution is 7.09. The number of esters is 1. The van der Waals surface area contributed by atoms with Gasteiger partial charge in [-0.3, -0.25) is 9.59 Å². The molecule has 0 amide bonds. The molecular formula is C27H41NO5S. The predicted molar refractivity (Wildman–Crippen MR) is 136 cm³/mol. The number of rotatable bonds is 2. The van der Waals surface area contributed by atoms with Crippen LogP contribution in [0.3, 0.4) is 0 Å². The SMILES string of the molecule is CC1=CC[C@@H](C(C)=Cc2csc(C)n2)OC(=O)CC(O)C(C)(C)C(=O)[C@H](C)[C@@H](O)[C@@H](C)CCC1. The molecule has 0 saturated heterocycles. The van der Waals surface area contributed by atoms with Crippen molar-refractivity contribution in [2.75, 3.05) is 0 Å². The summed E-state index contributed by atoms with van der Waals surface area (Å²) in [7, 11) is 0. The molecule has 190 valence electrons. The second-order valence-electron chi connectivity index (χ2n) is 10.4. The molecule has 5 atom stereocenters. The van der Waals surface area contributed by atoms with Crippen LogP contribution in [0.1, 0.15) is 84.3 Å². The number of aromatic nitrogens is 1. The number of carbonyl (C=O) groups is 2. The van der Waals surface area contributed by atoms with Gasteiger partial charge in [0.1, 0.15) is 11.9 Å². The lowest BCUT2D eigenvalue weighted by atomic mass is 9.73. The molecule has 2 rings (SSSR count). The zero-order valence-electron chi connectivity index (χ0n) is 21.6. The van der Waals surface area contributed by atoms with Crippen LogP contribution in [0.5, 0.6) is 0 Å². The van der Waals surface area contributed by atoms with Crippen molar-refractivity contribution in [2.24, 2.45) is 17.3 Å². The summed E-state index contributed by atoms with van der Waals surface area (Å²) in [5.41, 5.74) is 1.71. The van der Waals surface area contributed by atoms with E-state index in [1.54, 1.807) is 32.1 Å². The first kappa shape index (κ1) is 28.4. The molecule has 1 aromatic rings. The lowest BCUT2D eigenvalue weighted by Crippen LogP contribution is -2.45. The summed E-state index contributed by atoms with van der Waals surface area (Å²) in [6, 6.07) is 0. The summed E-state index contributed by atoms with van der Waals surface area (Å²) >= 11 is 1.56. The average Bonchev–Trinajstić information content (AvgIpc) is 3.18. The molecule has 1 unspecified atom stereocenters. The van der Waals surface area contributed by atoms with Gasteiger partial charge in [-0.2, -0.15) is 0 Å². The highest BCUT2D eigenvalue weighted by Crippen LogP contribution is 2.32. The summed E-state index contributed by atoms with van der Waals surface area (Å²) in [5.74, 6) is -1.49. The number of nitrogens with zero attached hydrogens (tertiary/aromatic N) is 1. The average molecular weight is 492 g/mol. The molecule has 2 N–H and O–H groups in total. The Kier molecular flexibility index (Phi) is 10.2. The molecule has 1 aromatic heterocycles. The molecule has 34 heavy (non-hydrogen) atoms. The molecule has 0 spiro atoms. The van der Waals surface area contributed by atoms with E-state index >= 15 is 0 Å². The van der Waals surface area contributed by atoms with E-state index < -0.39 is 35.6 Å². The van der Waals surface area contributed by atoms with Gasteiger partial charge in [-0.05, 0) is 57.6 Å². The first-order chi connectivity index (χ1) is 15.8. The third-order valence-corrected chi connectivity index (χ3v) is 7.83. The lowest BCUT2D eigenvalue weighted by Gasteiger charge is -2.34. The first-order valence-corrected chi connectivity index (χ1v) is 13.1. The van der Waals surface area contributed by atoms with Gasteiger partial charge in [0.05, 0.1) is 34.7 Å². The molecule has 0 fully saturated rings. The Labute approximate surface area is 208 Å². The molecule has 0 radical (unpaired) electrons. The van der Waals surface area contributed by atoms with Crippen LogP contribution in [-0.4, -0.2) is 45.3 Å². The smallest absolute Gasteiger partial charge is 0.309 e. The Bertz CT molecular complexity index is 916. The summed E-state index contributed by atoms with van der Waals surface area (Å²) in [5, 5.41) is 24.5. The van der Waals surface area contributed by atoms with Crippen LogP contribution >= 0.6 is 11.3 Å². The molecule has 0 aromatic carbocycles. The van der Waals surface area contributed by atoms with Gasteiger partial charge >= 0.3 is 5.97 Å². The topological polar surface area (TPSA) is 96.7 Å². The number of aliphatic hydroxyl groups is 2. The Hall–Kier alpha value is -1.83. The fourth-order valence-corrected chi connectivity index (χ4v) is 4.97. The van der Waals surface area contributed by atoms with E-state index in [2.05, 4.69) is 18.0 Å². The molecule has 0 aliphatic carbocycles. The molecule has 2 heterocycles. The summed E-state index contributed by atoms with van der Waals surface area (Å²) < 4.78 is 5.81. The van der Waals surface area contributed by atoms with E-state index in [0.29, 0.717) is 6.42 Å². The number of ketones is 1. The fraction of sp³-hybridized carbons (Fsp3) is 0.667. The summed E-state index contributed by atoms with van der Waals surface area (Å²) in [4.78, 5) is 30.5. The lowest BCUT2D eigenvalue weighted by molar-refractivity contribution is -0.154. The van der Waals surface area contributed by atoms with Gasteiger partial charge in [0.15, 0.2) is 0 Å². The van der Waals surface area contributed by atoms with Crippen LogP contribution in [0.2, 0.25) is 0 Å². The van der Waals surface area contributed by atoms with Gasteiger partial charge in [0.2, 0.25) is 0 Å². The first-order valence-electron chi connectivity index (χ1n) is 12.2. The van der Waals surface area contributed by atoms with Gasteiger partial charge in [0, 0.05) is 17.7 Å². The molecular weight excluding hydrogens is 450 g/mol. The van der Waals surface area contributed by atoms with Gasteiger partial charge in [-0.15, -0.1) is 11.3 Å². The van der Waals surface area contributed by atoms with Crippen molar-refractivity contribution in [3.63, 3.8) is 0 Å². The number of ether oxygens (including phenoxy) is 1. The molecule has 0 saturated carbocycles. The van der Waals surface area contributed by atoms with Crippen LogP contribution in [0.25, 0.3) is 6.08 Å². The van der Waals surface area contributed by atoms with Crippen molar-refractivity contribution in [2.45, 2.75) is 98.9 Å². The maximum atomic E-state index is 13.2. The van der Waals surface area contributed by atoms with Gasteiger partial charge in [-0.1, -0.05) is 39.3 Å². The van der Waals surface area contributed by atoms with Crippen molar-refractivity contribution in [1.29, 1.82) is 0 Å². The van der Waals surface area contributed by atoms with E-state index in [1.807, 2.05) is 32.2 Å². The number of aliphatic hydroxyl groups excluding tert-OH is 2. The minimum Gasteiger partial charge on any atom is -0.457 e. The number of carbonyl (C=O) groups excluding carboxylic acids is 2. The minimum absolute atomic E-state index is 0.0444. The minimum atomic E-state index is -1.21. The van der Waals surface area contributed by atoms with Crippen LogP contribution in [-0.2, 0) is 14.3 Å². The second-order valence-corrected chi connectivity index (χ2v) is 11.5. The highest BCUT2D eigenvalue weighted by atomic mass is 32.1. The zero-order valence-corrected chi connectivity index (χ0v) is 22.4. The number of hydrogen-bond donors (Lipinski definition) is 2. The Balaban J connectivity index is 2.33. The molecule has 1 aliphatic heterocycles. The molecule has 6 nitrogen and oxygen atoms in total. The van der Waals surface area contributed by atoms with Gasteiger partial charge < -0.3 is 14.9 Å². The Morgan fingerprint density at radius 3 is 2.53 bits per heavy atom. The number of thiazole rings is 1. The van der Waals surface area contributed by atoms with Gasteiger partial charge in [0.25, 0.3) is 0 Å². The van der Waals surface area contributed by atoms with Crippen molar-refractivity contribution in [3.05, 3.63) is 33.3 Å². The summed E-state index contributed by atoms with van der Waals surface area (Å²) in [6.45, 7) is 12.8. The van der Waals surface area contributed by atoms with Crippen molar-refractivity contribution in [3.8, 4) is 0 Å². The van der Waals surface area contributed by atoms with E-state index in [9.17, 15) is 19.8 Å². The number of cyclic esters (lactones) is 1. The Morgan fingerprint density at radius 2 is 1.91 bits per heavy atom. The van der Waals surface area contributed by atoms with Crippen LogP contribution in [0, 0.1) is 24.2 Å². The zero-order chi connectivity index (χ0) is 25.6. The quantitative estimate of drug-likeness (QED) is 0.432. The van der Waals surface area contributed by atoms with Crippen LogP contribution in [0.15, 0.2) is 22.6 Å². The van der Waals surface area contributed by atoms with Crippen molar-refractivity contribution < 1.29 is 24.5 Å². The van der Waals surface area contributed by atoms with Crippen molar-refractivity contribution in [1.82, 2.24) is 4.98 Å². The van der Waals surface area contributed by atoms with Gasteiger partial charge in [-0.25, -0.2) is 4.98 Å². The highest BCUT2D eigenvalue weighted by Gasteiger charge is 2.42. The largest absolute Gasteiger partial charge is 0.457 e. The van der Waals surface area contributed by atoms with Crippen LogP contribution < -0.4 is 0 Å². The van der Waals surface area contributed by atoms with E-state index in [-0.39, 0.29) is 18.1 Å². The second kappa shape index (κ2) is 12.2. The predicted octanol–water partition coefficient (Wildman–Crippen LogP) is 5.27. The van der Waals surface area contributed by atoms with E-state index in [4.69, 9.17) is 4.74 Å². The standard InChI is InChI=1S/C27H41NO5S/c1-16-9-8-10-17(2)25(31)19(4)26(32)27(6,7)23(29)14-24(30)33-22(12-11-16)18(3)13-21-15-34-20(5)28-21/h11,13,15,17,19,22-23,25,29,31H,8-10,12,14H2,1-7H3/t17-,19+,22-,23?,25-/m0/s1. The van der Waals surface area contributed by atoms with E-state index in [1.165, 1.54) is 5.57 Å². The Morgan fingerprint density at radius 1 is 1.24 bits per heavy atom.